The third kappa shape index (κ3) is 4.06. The number of aryl methyl sites for hydroxylation is 1. The molecule has 3 rings (SSSR count). The molecule has 0 N–H and O–H groups in total. The minimum atomic E-state index is -1.13. The van der Waals surface area contributed by atoms with Crippen LogP contribution in [-0.4, -0.2) is 40.7 Å². The third-order valence-electron chi connectivity index (χ3n) is 5.25. The summed E-state index contributed by atoms with van der Waals surface area (Å²) in [5, 5.41) is 0. The van der Waals surface area contributed by atoms with Gasteiger partial charge >= 0.3 is 0 Å². The van der Waals surface area contributed by atoms with Crippen LogP contribution in [0.4, 0.5) is 8.78 Å². The zero-order valence-corrected chi connectivity index (χ0v) is 16.1. The Morgan fingerprint density at radius 3 is 2.50 bits per heavy atom. The van der Waals surface area contributed by atoms with Crippen molar-refractivity contribution in [2.75, 3.05) is 13.1 Å². The summed E-state index contributed by atoms with van der Waals surface area (Å²) >= 11 is 0. The van der Waals surface area contributed by atoms with Gasteiger partial charge in [-0.05, 0) is 30.5 Å². The second kappa shape index (κ2) is 8.50. The number of carbonyl (C=O) groups is 2. The van der Waals surface area contributed by atoms with Crippen molar-refractivity contribution in [1.29, 1.82) is 0 Å². The highest BCUT2D eigenvalue weighted by atomic mass is 19.2. The molecule has 1 fully saturated rings. The van der Waals surface area contributed by atoms with Gasteiger partial charge in [0.05, 0.1) is 5.56 Å². The lowest BCUT2D eigenvalue weighted by atomic mass is 10.1. The van der Waals surface area contributed by atoms with Gasteiger partial charge in [0, 0.05) is 32.1 Å². The minimum Gasteiger partial charge on any atom is -0.336 e. The van der Waals surface area contributed by atoms with E-state index in [1.165, 1.54) is 24.0 Å². The van der Waals surface area contributed by atoms with Gasteiger partial charge in [-0.2, -0.15) is 0 Å². The van der Waals surface area contributed by atoms with Gasteiger partial charge in [-0.15, -0.1) is 0 Å². The Labute approximate surface area is 163 Å². The first kappa shape index (κ1) is 20.0. The van der Waals surface area contributed by atoms with Crippen molar-refractivity contribution in [1.82, 2.24) is 9.80 Å². The van der Waals surface area contributed by atoms with Crippen molar-refractivity contribution in [2.24, 2.45) is 0 Å². The van der Waals surface area contributed by atoms with Crippen molar-refractivity contribution < 1.29 is 18.4 Å². The predicted octanol–water partition coefficient (Wildman–Crippen LogP) is 3.93. The van der Waals surface area contributed by atoms with Crippen molar-refractivity contribution in [2.45, 2.75) is 39.3 Å². The van der Waals surface area contributed by atoms with Gasteiger partial charge in [-0.25, -0.2) is 8.78 Å². The number of nitrogens with zero attached hydrogens (tertiary/aromatic N) is 2. The first-order chi connectivity index (χ1) is 13.4. The maximum atomic E-state index is 14.3. The molecular weight excluding hydrogens is 362 g/mol. The predicted molar refractivity (Wildman–Crippen MR) is 103 cm³/mol. The third-order valence-corrected chi connectivity index (χ3v) is 5.25. The fourth-order valence-corrected chi connectivity index (χ4v) is 3.53. The minimum absolute atomic E-state index is 0.0402. The summed E-state index contributed by atoms with van der Waals surface area (Å²) in [6.45, 7) is 4.35. The van der Waals surface area contributed by atoms with E-state index in [1.54, 1.807) is 4.90 Å². The molecule has 1 unspecified atom stereocenters. The number of carbonyl (C=O) groups excluding carboxylic acids is 2. The number of hydrogen-bond donors (Lipinski definition) is 0. The maximum Gasteiger partial charge on any atom is 0.257 e. The van der Waals surface area contributed by atoms with Crippen LogP contribution in [0.25, 0.3) is 0 Å². The molecule has 1 heterocycles. The molecule has 1 saturated heterocycles. The molecule has 2 amide bonds. The molecule has 4 nitrogen and oxygen atoms in total. The quantitative estimate of drug-likeness (QED) is 0.799. The van der Waals surface area contributed by atoms with Crippen LogP contribution in [-0.2, 0) is 11.3 Å². The lowest BCUT2D eigenvalue weighted by molar-refractivity contribution is -0.133. The molecule has 1 atom stereocenters. The van der Waals surface area contributed by atoms with Gasteiger partial charge in [0.15, 0.2) is 11.6 Å². The molecule has 0 aromatic heterocycles. The Morgan fingerprint density at radius 2 is 1.82 bits per heavy atom. The average molecular weight is 386 g/mol. The van der Waals surface area contributed by atoms with E-state index in [-0.39, 0.29) is 36.0 Å². The Kier molecular flexibility index (Phi) is 6.07. The number of halogens is 2. The lowest BCUT2D eigenvalue weighted by Gasteiger charge is -2.31. The van der Waals surface area contributed by atoms with Gasteiger partial charge in [0.2, 0.25) is 5.91 Å². The largest absolute Gasteiger partial charge is 0.336 e. The van der Waals surface area contributed by atoms with Crippen LogP contribution in [0.1, 0.15) is 41.3 Å². The molecule has 1 aliphatic rings. The normalized spacial score (nSPS) is 17.6. The van der Waals surface area contributed by atoms with Gasteiger partial charge < -0.3 is 9.80 Å². The molecule has 0 spiro atoms. The molecule has 148 valence electrons. The molecule has 6 heteroatoms. The van der Waals surface area contributed by atoms with Crippen LogP contribution in [0.5, 0.6) is 0 Å². The number of benzene rings is 2. The highest BCUT2D eigenvalue weighted by Crippen LogP contribution is 2.22. The molecule has 1 aliphatic heterocycles. The fraction of sp³-hybridized carbons (Fsp3) is 0.364. The lowest BCUT2D eigenvalue weighted by Crippen LogP contribution is -2.44. The highest BCUT2D eigenvalue weighted by molar-refractivity contribution is 5.95. The van der Waals surface area contributed by atoms with E-state index in [1.807, 2.05) is 37.3 Å². The molecule has 0 radical (unpaired) electrons. The standard InChI is InChI=1S/C22H24F2N2O2/c1-3-17-14-25(22(28)18-10-9-15(2)20(23)21(18)24)12-11-19(27)26(17)13-16-7-5-4-6-8-16/h4-10,17H,3,11-14H2,1-2H3. The Balaban J connectivity index is 1.83. The molecule has 0 saturated carbocycles. The molecule has 2 aromatic rings. The van der Waals surface area contributed by atoms with Crippen LogP contribution >= 0.6 is 0 Å². The molecule has 28 heavy (non-hydrogen) atoms. The molecule has 0 aliphatic carbocycles. The zero-order chi connectivity index (χ0) is 20.3. The van der Waals surface area contributed by atoms with Crippen LogP contribution < -0.4 is 0 Å². The summed E-state index contributed by atoms with van der Waals surface area (Å²) in [7, 11) is 0. The first-order valence-electron chi connectivity index (χ1n) is 9.49. The summed E-state index contributed by atoms with van der Waals surface area (Å²) in [5.41, 5.74) is 0.878. The van der Waals surface area contributed by atoms with E-state index in [0.29, 0.717) is 19.5 Å². The number of amides is 2. The van der Waals surface area contributed by atoms with Gasteiger partial charge in [0.1, 0.15) is 0 Å². The average Bonchev–Trinajstić information content (AvgIpc) is 2.86. The van der Waals surface area contributed by atoms with Crippen LogP contribution in [0.2, 0.25) is 0 Å². The molecular formula is C22H24F2N2O2. The number of rotatable bonds is 4. The van der Waals surface area contributed by atoms with Gasteiger partial charge in [0.25, 0.3) is 5.91 Å². The van der Waals surface area contributed by atoms with Gasteiger partial charge in [-0.3, -0.25) is 9.59 Å². The van der Waals surface area contributed by atoms with Gasteiger partial charge in [-0.1, -0.05) is 43.3 Å². The van der Waals surface area contributed by atoms with Crippen LogP contribution in [0.3, 0.4) is 0 Å². The fourth-order valence-electron chi connectivity index (χ4n) is 3.53. The van der Waals surface area contributed by atoms with Crippen molar-refractivity contribution in [3.8, 4) is 0 Å². The summed E-state index contributed by atoms with van der Waals surface area (Å²) in [6, 6.07) is 12.2. The monoisotopic (exact) mass is 386 g/mol. The topological polar surface area (TPSA) is 40.6 Å². The summed E-state index contributed by atoms with van der Waals surface area (Å²) < 4.78 is 28.2. The maximum absolute atomic E-state index is 14.3. The first-order valence-corrected chi connectivity index (χ1v) is 9.49. The number of hydrogen-bond acceptors (Lipinski definition) is 2. The van der Waals surface area contributed by atoms with E-state index in [4.69, 9.17) is 0 Å². The van der Waals surface area contributed by atoms with E-state index in [0.717, 1.165) is 5.56 Å². The summed E-state index contributed by atoms with van der Waals surface area (Å²) in [4.78, 5) is 28.8. The summed E-state index contributed by atoms with van der Waals surface area (Å²) in [5.74, 6) is -2.75. The van der Waals surface area contributed by atoms with Crippen molar-refractivity contribution in [3.05, 3.63) is 70.8 Å². The Hall–Kier alpha value is -2.76. The van der Waals surface area contributed by atoms with E-state index in [2.05, 4.69) is 0 Å². The Morgan fingerprint density at radius 1 is 1.11 bits per heavy atom. The summed E-state index contributed by atoms with van der Waals surface area (Å²) in [6.07, 6.45) is 0.818. The zero-order valence-electron chi connectivity index (χ0n) is 16.1. The molecule has 0 bridgehead atoms. The smallest absolute Gasteiger partial charge is 0.257 e. The van der Waals surface area contributed by atoms with Crippen LogP contribution in [0, 0.1) is 18.6 Å². The van der Waals surface area contributed by atoms with E-state index in [9.17, 15) is 18.4 Å². The van der Waals surface area contributed by atoms with Crippen molar-refractivity contribution >= 4 is 11.8 Å². The SMILES string of the molecule is CCC1CN(C(=O)c2ccc(C)c(F)c2F)CCC(=O)N1Cc1ccccc1. The second-order valence-electron chi connectivity index (χ2n) is 7.13. The van der Waals surface area contributed by atoms with Crippen molar-refractivity contribution in [3.63, 3.8) is 0 Å². The van der Waals surface area contributed by atoms with E-state index < -0.39 is 17.5 Å². The van der Waals surface area contributed by atoms with E-state index >= 15 is 0 Å². The molecule has 2 aromatic carbocycles. The second-order valence-corrected chi connectivity index (χ2v) is 7.13. The van der Waals surface area contributed by atoms with Crippen LogP contribution in [0.15, 0.2) is 42.5 Å². The highest BCUT2D eigenvalue weighted by Gasteiger charge is 2.32. The Bertz CT molecular complexity index is 870.